The third-order valence-corrected chi connectivity index (χ3v) is 5.42. The molecule has 2 unspecified atom stereocenters. The van der Waals surface area contributed by atoms with E-state index in [2.05, 4.69) is 37.4 Å². The number of benzene rings is 1. The lowest BCUT2D eigenvalue weighted by molar-refractivity contribution is 0.228. The number of anilines is 1. The molecule has 1 aromatic rings. The van der Waals surface area contributed by atoms with Crippen molar-refractivity contribution in [2.24, 2.45) is 11.8 Å². The third-order valence-electron chi connectivity index (χ3n) is 5.42. The molecule has 0 heterocycles. The van der Waals surface area contributed by atoms with Gasteiger partial charge in [0.25, 0.3) is 0 Å². The van der Waals surface area contributed by atoms with Gasteiger partial charge in [-0.1, -0.05) is 44.1 Å². The molecule has 0 aliphatic heterocycles. The number of hydrogen-bond donors (Lipinski definition) is 2. The van der Waals surface area contributed by atoms with Gasteiger partial charge in [-0.25, -0.2) is 0 Å². The van der Waals surface area contributed by atoms with Crippen molar-refractivity contribution in [2.75, 3.05) is 5.73 Å². The van der Waals surface area contributed by atoms with Crippen molar-refractivity contribution in [1.29, 1.82) is 0 Å². The third kappa shape index (κ3) is 3.16. The largest absolute Gasteiger partial charge is 0.398 e. The second-order valence-electron chi connectivity index (χ2n) is 7.02. The van der Waals surface area contributed by atoms with Crippen LogP contribution in [-0.2, 0) is 0 Å². The first-order valence-corrected chi connectivity index (χ1v) is 8.46. The van der Waals surface area contributed by atoms with Gasteiger partial charge in [-0.3, -0.25) is 0 Å². The first kappa shape index (κ1) is 14.6. The summed E-state index contributed by atoms with van der Waals surface area (Å²) < 4.78 is 0. The minimum Gasteiger partial charge on any atom is -0.398 e. The van der Waals surface area contributed by atoms with E-state index in [4.69, 9.17) is 5.73 Å². The molecule has 1 aromatic carbocycles. The fraction of sp³-hybridized carbons (Fsp3) is 0.579. The minimum atomic E-state index is 0.376. The van der Waals surface area contributed by atoms with E-state index in [0.717, 1.165) is 23.9 Å². The first-order valence-electron chi connectivity index (χ1n) is 8.46. The molecule has 2 aliphatic rings. The van der Waals surface area contributed by atoms with Crippen LogP contribution in [0.25, 0.3) is 6.08 Å². The summed E-state index contributed by atoms with van der Waals surface area (Å²) in [6.07, 6.45) is 11.0. The Morgan fingerprint density at radius 1 is 1.19 bits per heavy atom. The Morgan fingerprint density at radius 2 is 1.95 bits per heavy atom. The van der Waals surface area contributed by atoms with Crippen LogP contribution in [0.1, 0.15) is 63.1 Å². The van der Waals surface area contributed by atoms with Gasteiger partial charge < -0.3 is 11.1 Å². The van der Waals surface area contributed by atoms with Crippen LogP contribution in [0.4, 0.5) is 5.69 Å². The van der Waals surface area contributed by atoms with E-state index in [1.807, 2.05) is 12.1 Å². The van der Waals surface area contributed by atoms with E-state index in [1.54, 1.807) is 0 Å². The van der Waals surface area contributed by atoms with Gasteiger partial charge >= 0.3 is 0 Å². The maximum atomic E-state index is 6.23. The molecule has 0 aromatic heterocycles. The van der Waals surface area contributed by atoms with Crippen molar-refractivity contribution < 1.29 is 0 Å². The number of hydrogen-bond acceptors (Lipinski definition) is 2. The molecular weight excluding hydrogens is 256 g/mol. The monoisotopic (exact) mass is 284 g/mol. The second kappa shape index (κ2) is 6.23. The van der Waals surface area contributed by atoms with E-state index < -0.39 is 0 Å². The summed E-state index contributed by atoms with van der Waals surface area (Å²) in [5.41, 5.74) is 9.74. The van der Waals surface area contributed by atoms with Gasteiger partial charge in [0.05, 0.1) is 0 Å². The van der Waals surface area contributed by atoms with Crippen molar-refractivity contribution in [3.63, 3.8) is 0 Å². The molecule has 0 amide bonds. The van der Waals surface area contributed by atoms with Crippen LogP contribution in [0, 0.1) is 11.8 Å². The zero-order chi connectivity index (χ0) is 14.8. The van der Waals surface area contributed by atoms with Crippen LogP contribution < -0.4 is 11.1 Å². The molecule has 2 aliphatic carbocycles. The Kier molecular flexibility index (Phi) is 4.34. The molecule has 1 fully saturated rings. The smallest absolute Gasteiger partial charge is 0.0383 e. The highest BCUT2D eigenvalue weighted by Crippen LogP contribution is 2.35. The predicted molar refractivity (Wildman–Crippen MR) is 91.0 cm³/mol. The lowest BCUT2D eigenvalue weighted by atomic mass is 9.79. The van der Waals surface area contributed by atoms with Gasteiger partial charge in [0.2, 0.25) is 0 Å². The Morgan fingerprint density at radius 3 is 2.71 bits per heavy atom. The van der Waals surface area contributed by atoms with Crippen LogP contribution in [0.15, 0.2) is 24.3 Å². The van der Waals surface area contributed by atoms with E-state index >= 15 is 0 Å². The highest BCUT2D eigenvalue weighted by Gasteiger charge is 2.27. The van der Waals surface area contributed by atoms with Crippen molar-refractivity contribution >= 4 is 11.8 Å². The second-order valence-corrected chi connectivity index (χ2v) is 7.02. The maximum absolute atomic E-state index is 6.23. The van der Waals surface area contributed by atoms with Gasteiger partial charge in [0.1, 0.15) is 0 Å². The minimum absolute atomic E-state index is 0.376. The molecule has 21 heavy (non-hydrogen) atoms. The van der Waals surface area contributed by atoms with Crippen LogP contribution in [0.2, 0.25) is 0 Å². The number of nitrogens with two attached hydrogens (primary N) is 1. The number of nitrogen functional groups attached to an aromatic ring is 1. The summed E-state index contributed by atoms with van der Waals surface area (Å²) >= 11 is 0. The highest BCUT2D eigenvalue weighted by atomic mass is 15.0. The van der Waals surface area contributed by atoms with Crippen LogP contribution in [0.3, 0.4) is 0 Å². The Bertz CT molecular complexity index is 512. The van der Waals surface area contributed by atoms with E-state index in [-0.39, 0.29) is 0 Å². The Labute approximate surface area is 128 Å². The molecule has 0 saturated heterocycles. The zero-order valence-electron chi connectivity index (χ0n) is 13.3. The van der Waals surface area contributed by atoms with Crippen molar-refractivity contribution in [1.82, 2.24) is 5.32 Å². The van der Waals surface area contributed by atoms with Crippen LogP contribution in [0.5, 0.6) is 0 Å². The molecule has 2 nitrogen and oxygen atoms in total. The lowest BCUT2D eigenvalue weighted by Gasteiger charge is -2.35. The Hall–Kier alpha value is -1.28. The normalized spacial score (nSPS) is 29.9. The average Bonchev–Trinajstić information content (AvgIpc) is 2.48. The number of fused-ring (bicyclic) bond motifs is 1. The first-order chi connectivity index (χ1) is 10.1. The molecule has 3 rings (SSSR count). The van der Waals surface area contributed by atoms with Gasteiger partial charge in [-0.15, -0.1) is 0 Å². The van der Waals surface area contributed by atoms with Crippen LogP contribution in [-0.4, -0.2) is 6.04 Å². The number of rotatable bonds is 3. The lowest BCUT2D eigenvalue weighted by Crippen LogP contribution is -2.38. The molecule has 0 bridgehead atoms. The quantitative estimate of drug-likeness (QED) is 0.800. The summed E-state index contributed by atoms with van der Waals surface area (Å²) in [5, 5.41) is 3.87. The van der Waals surface area contributed by atoms with Crippen molar-refractivity contribution in [2.45, 2.75) is 58.0 Å². The van der Waals surface area contributed by atoms with E-state index in [0.29, 0.717) is 12.1 Å². The zero-order valence-corrected chi connectivity index (χ0v) is 13.3. The Balaban J connectivity index is 1.70. The molecule has 0 spiro atoms. The predicted octanol–water partition coefficient (Wildman–Crippen LogP) is 4.53. The topological polar surface area (TPSA) is 38.0 Å². The van der Waals surface area contributed by atoms with Crippen LogP contribution >= 0.6 is 0 Å². The molecule has 1 saturated carbocycles. The summed E-state index contributed by atoms with van der Waals surface area (Å²) in [6, 6.07) is 7.19. The summed E-state index contributed by atoms with van der Waals surface area (Å²) in [7, 11) is 0. The SMILES string of the molecule is CC1CCC(C(C)NC2CC=Cc3cccc(N)c32)CC1. The van der Waals surface area contributed by atoms with E-state index in [1.165, 1.54) is 36.8 Å². The highest BCUT2D eigenvalue weighted by molar-refractivity contribution is 5.66. The summed E-state index contributed by atoms with van der Waals surface area (Å²) in [6.45, 7) is 4.75. The van der Waals surface area contributed by atoms with Gasteiger partial charge in [-0.2, -0.15) is 0 Å². The fourth-order valence-electron chi connectivity index (χ4n) is 3.99. The van der Waals surface area contributed by atoms with Gasteiger partial charge in [-0.05, 0) is 55.2 Å². The molecule has 2 atom stereocenters. The van der Waals surface area contributed by atoms with Crippen molar-refractivity contribution in [3.8, 4) is 0 Å². The van der Waals surface area contributed by atoms with Gasteiger partial charge in [0, 0.05) is 17.8 Å². The van der Waals surface area contributed by atoms with Crippen molar-refractivity contribution in [3.05, 3.63) is 35.4 Å². The summed E-state index contributed by atoms with van der Waals surface area (Å²) in [4.78, 5) is 0. The summed E-state index contributed by atoms with van der Waals surface area (Å²) in [5.74, 6) is 1.74. The average molecular weight is 284 g/mol. The van der Waals surface area contributed by atoms with E-state index in [9.17, 15) is 0 Å². The standard InChI is InChI=1S/C19H28N2/c1-13-9-11-15(12-10-13)14(2)21-18-8-4-6-16-5-3-7-17(20)19(16)18/h3-7,13-15,18,21H,8-12,20H2,1-2H3. The fourth-order valence-corrected chi connectivity index (χ4v) is 3.99. The molecule has 2 heteroatoms. The number of nitrogens with one attached hydrogen (secondary N) is 1. The van der Waals surface area contributed by atoms with Gasteiger partial charge in [0.15, 0.2) is 0 Å². The molecule has 3 N–H and O–H groups in total. The maximum Gasteiger partial charge on any atom is 0.0383 e. The molecule has 114 valence electrons. The molecular formula is C19H28N2. The molecule has 0 radical (unpaired) electrons.